The smallest absolute Gasteiger partial charge is 0.159 e. The minimum absolute atomic E-state index is 0.620. The first-order valence-electron chi connectivity index (χ1n) is 6.95. The van der Waals surface area contributed by atoms with Gasteiger partial charge in [-0.15, -0.1) is 0 Å². The molecule has 0 saturated heterocycles. The normalized spacial score (nSPS) is 17.2. The highest BCUT2D eigenvalue weighted by atomic mass is 15.3. The summed E-state index contributed by atoms with van der Waals surface area (Å²) in [4.78, 5) is 4.43. The summed E-state index contributed by atoms with van der Waals surface area (Å²) in [5, 5.41) is 9.19. The molecule has 4 heteroatoms. The van der Waals surface area contributed by atoms with Crippen molar-refractivity contribution in [3.05, 3.63) is 18.5 Å². The molecule has 0 spiro atoms. The summed E-state index contributed by atoms with van der Waals surface area (Å²) in [7, 11) is 0. The van der Waals surface area contributed by atoms with Crippen molar-refractivity contribution in [1.82, 2.24) is 14.8 Å². The molecule has 1 N–H and O–H groups in total. The lowest BCUT2D eigenvalue weighted by Crippen LogP contribution is -2.22. The van der Waals surface area contributed by atoms with E-state index in [1.807, 2.05) is 17.1 Å². The standard InChI is InChI=1S/C14H20N4/c1-2-18-14-12(10-16-18)13(8-9-15-14)17-11-6-4-3-5-7-11/h8-11H,2-7H2,1H3,(H,15,17). The molecule has 0 bridgehead atoms. The Hall–Kier alpha value is -1.58. The Bertz CT molecular complexity index is 526. The Morgan fingerprint density at radius 1 is 1.33 bits per heavy atom. The van der Waals surface area contributed by atoms with Gasteiger partial charge in [0.25, 0.3) is 0 Å². The second-order valence-corrected chi connectivity index (χ2v) is 5.04. The van der Waals surface area contributed by atoms with E-state index >= 15 is 0 Å². The molecule has 18 heavy (non-hydrogen) atoms. The molecule has 0 amide bonds. The molecule has 2 heterocycles. The van der Waals surface area contributed by atoms with Crippen molar-refractivity contribution < 1.29 is 0 Å². The molecule has 1 saturated carbocycles. The molecule has 0 aromatic carbocycles. The number of anilines is 1. The first-order valence-corrected chi connectivity index (χ1v) is 6.95. The summed E-state index contributed by atoms with van der Waals surface area (Å²) in [5.41, 5.74) is 2.17. The van der Waals surface area contributed by atoms with E-state index in [0.29, 0.717) is 6.04 Å². The van der Waals surface area contributed by atoms with Crippen LogP contribution in [-0.2, 0) is 6.54 Å². The SMILES string of the molecule is CCn1ncc2c(NC3CCCCC3)ccnc21. The second-order valence-electron chi connectivity index (χ2n) is 5.04. The maximum Gasteiger partial charge on any atom is 0.159 e. The van der Waals surface area contributed by atoms with Gasteiger partial charge >= 0.3 is 0 Å². The van der Waals surface area contributed by atoms with E-state index in [-0.39, 0.29) is 0 Å². The second kappa shape index (κ2) is 4.96. The molecule has 1 aliphatic rings. The Morgan fingerprint density at radius 2 is 2.17 bits per heavy atom. The van der Waals surface area contributed by atoms with Crippen LogP contribution in [0.4, 0.5) is 5.69 Å². The Balaban J connectivity index is 1.89. The number of nitrogens with zero attached hydrogens (tertiary/aromatic N) is 3. The van der Waals surface area contributed by atoms with Crippen LogP contribution < -0.4 is 5.32 Å². The van der Waals surface area contributed by atoms with Crippen LogP contribution in [0.2, 0.25) is 0 Å². The van der Waals surface area contributed by atoms with Gasteiger partial charge in [-0.2, -0.15) is 5.10 Å². The van der Waals surface area contributed by atoms with Crippen molar-refractivity contribution in [2.45, 2.75) is 51.6 Å². The quantitative estimate of drug-likeness (QED) is 0.901. The van der Waals surface area contributed by atoms with Crippen LogP contribution in [0.5, 0.6) is 0 Å². The van der Waals surface area contributed by atoms with Gasteiger partial charge in [0.05, 0.1) is 11.6 Å². The lowest BCUT2D eigenvalue weighted by Gasteiger charge is -2.24. The van der Waals surface area contributed by atoms with Gasteiger partial charge in [0.15, 0.2) is 5.65 Å². The van der Waals surface area contributed by atoms with Crippen LogP contribution >= 0.6 is 0 Å². The fourth-order valence-electron chi connectivity index (χ4n) is 2.80. The van der Waals surface area contributed by atoms with Crippen LogP contribution in [0.1, 0.15) is 39.0 Å². The van der Waals surface area contributed by atoms with Gasteiger partial charge in [-0.25, -0.2) is 9.67 Å². The van der Waals surface area contributed by atoms with Crippen molar-refractivity contribution in [2.24, 2.45) is 0 Å². The van der Waals surface area contributed by atoms with Gasteiger partial charge in [-0.1, -0.05) is 19.3 Å². The topological polar surface area (TPSA) is 42.7 Å². The number of pyridine rings is 1. The third kappa shape index (κ3) is 2.07. The Labute approximate surface area is 107 Å². The predicted octanol–water partition coefficient (Wildman–Crippen LogP) is 3.20. The fourth-order valence-corrected chi connectivity index (χ4v) is 2.80. The maximum atomic E-state index is 4.43. The Kier molecular flexibility index (Phi) is 3.17. The molecular weight excluding hydrogens is 224 g/mol. The molecule has 0 radical (unpaired) electrons. The highest BCUT2D eigenvalue weighted by molar-refractivity contribution is 5.88. The molecule has 1 fully saturated rings. The summed E-state index contributed by atoms with van der Waals surface area (Å²) < 4.78 is 1.95. The van der Waals surface area contributed by atoms with Gasteiger partial charge in [0.1, 0.15) is 0 Å². The summed E-state index contributed by atoms with van der Waals surface area (Å²) in [5.74, 6) is 0. The summed E-state index contributed by atoms with van der Waals surface area (Å²) in [6, 6.07) is 2.69. The van der Waals surface area contributed by atoms with Crippen molar-refractivity contribution in [3.8, 4) is 0 Å². The minimum Gasteiger partial charge on any atom is -0.382 e. The molecule has 0 aliphatic heterocycles. The van der Waals surface area contributed by atoms with Gasteiger partial charge in [-0.3, -0.25) is 0 Å². The number of rotatable bonds is 3. The molecular formula is C14H20N4. The van der Waals surface area contributed by atoms with E-state index in [0.717, 1.165) is 17.6 Å². The van der Waals surface area contributed by atoms with E-state index in [1.165, 1.54) is 37.8 Å². The average Bonchev–Trinajstić information content (AvgIpc) is 2.84. The third-order valence-corrected chi connectivity index (χ3v) is 3.80. The van der Waals surface area contributed by atoms with E-state index in [1.54, 1.807) is 0 Å². The Morgan fingerprint density at radius 3 is 2.94 bits per heavy atom. The first kappa shape index (κ1) is 11.5. The monoisotopic (exact) mass is 244 g/mol. The molecule has 1 aliphatic carbocycles. The number of aryl methyl sites for hydroxylation is 1. The van der Waals surface area contributed by atoms with E-state index in [2.05, 4.69) is 28.4 Å². The lowest BCUT2D eigenvalue weighted by atomic mass is 9.95. The molecule has 2 aromatic heterocycles. The first-order chi connectivity index (χ1) is 8.88. The molecule has 2 aromatic rings. The zero-order chi connectivity index (χ0) is 12.4. The number of aromatic nitrogens is 3. The van der Waals surface area contributed by atoms with Crippen molar-refractivity contribution >= 4 is 16.7 Å². The molecule has 4 nitrogen and oxygen atoms in total. The van der Waals surface area contributed by atoms with Crippen LogP contribution in [0.3, 0.4) is 0 Å². The van der Waals surface area contributed by atoms with Crippen LogP contribution in [0.15, 0.2) is 18.5 Å². The van der Waals surface area contributed by atoms with Crippen LogP contribution in [-0.4, -0.2) is 20.8 Å². The summed E-state index contributed by atoms with van der Waals surface area (Å²) >= 11 is 0. The van der Waals surface area contributed by atoms with Crippen LogP contribution in [0, 0.1) is 0 Å². The summed E-state index contributed by atoms with van der Waals surface area (Å²) in [6.07, 6.45) is 10.5. The number of hydrogen-bond donors (Lipinski definition) is 1. The number of fused-ring (bicyclic) bond motifs is 1. The zero-order valence-electron chi connectivity index (χ0n) is 10.9. The number of hydrogen-bond acceptors (Lipinski definition) is 3. The zero-order valence-corrected chi connectivity index (χ0v) is 10.9. The fraction of sp³-hybridized carbons (Fsp3) is 0.571. The van der Waals surface area contributed by atoms with Crippen LogP contribution in [0.25, 0.3) is 11.0 Å². The van der Waals surface area contributed by atoms with Crippen molar-refractivity contribution in [1.29, 1.82) is 0 Å². The lowest BCUT2D eigenvalue weighted by molar-refractivity contribution is 0.463. The number of nitrogens with one attached hydrogen (secondary N) is 1. The van der Waals surface area contributed by atoms with E-state index in [4.69, 9.17) is 0 Å². The van der Waals surface area contributed by atoms with Gasteiger partial charge in [0, 0.05) is 24.5 Å². The predicted molar refractivity (Wildman–Crippen MR) is 73.7 cm³/mol. The molecule has 0 atom stereocenters. The van der Waals surface area contributed by atoms with Gasteiger partial charge < -0.3 is 5.32 Å². The molecule has 96 valence electrons. The highest BCUT2D eigenvalue weighted by Gasteiger charge is 2.15. The third-order valence-electron chi connectivity index (χ3n) is 3.80. The maximum absolute atomic E-state index is 4.43. The largest absolute Gasteiger partial charge is 0.382 e. The highest BCUT2D eigenvalue weighted by Crippen LogP contribution is 2.26. The van der Waals surface area contributed by atoms with Crippen molar-refractivity contribution in [2.75, 3.05) is 5.32 Å². The van der Waals surface area contributed by atoms with E-state index in [9.17, 15) is 0 Å². The minimum atomic E-state index is 0.620. The van der Waals surface area contributed by atoms with Gasteiger partial charge in [0.2, 0.25) is 0 Å². The van der Waals surface area contributed by atoms with Crippen molar-refractivity contribution in [3.63, 3.8) is 0 Å². The average molecular weight is 244 g/mol. The molecule has 3 rings (SSSR count). The summed E-state index contributed by atoms with van der Waals surface area (Å²) in [6.45, 7) is 2.96. The van der Waals surface area contributed by atoms with E-state index < -0.39 is 0 Å². The molecule has 0 unspecified atom stereocenters. The van der Waals surface area contributed by atoms with Gasteiger partial charge in [-0.05, 0) is 25.8 Å².